The van der Waals surface area contributed by atoms with Crippen LogP contribution < -0.4 is 11.1 Å². The molecule has 5 heteroatoms. The van der Waals surface area contributed by atoms with Crippen LogP contribution in [0, 0.1) is 0 Å². The summed E-state index contributed by atoms with van der Waals surface area (Å²) in [6.07, 6.45) is 0.465. The highest BCUT2D eigenvalue weighted by molar-refractivity contribution is 5.87. The molecule has 5 nitrogen and oxygen atoms in total. The number of carbonyl (C=O) groups is 2. The van der Waals surface area contributed by atoms with E-state index < -0.39 is 24.0 Å². The Hall–Kier alpha value is -1.88. The van der Waals surface area contributed by atoms with E-state index in [9.17, 15) is 9.59 Å². The van der Waals surface area contributed by atoms with E-state index in [4.69, 9.17) is 10.8 Å². The second-order valence-electron chi connectivity index (χ2n) is 3.71. The van der Waals surface area contributed by atoms with Gasteiger partial charge in [-0.25, -0.2) is 4.79 Å². The van der Waals surface area contributed by atoms with Crippen LogP contribution in [-0.2, 0) is 9.59 Å². The normalized spacial score (nSPS) is 13.8. The molecule has 1 aromatic carbocycles. The van der Waals surface area contributed by atoms with Gasteiger partial charge in [0, 0.05) is 0 Å². The first-order chi connectivity index (χ1) is 8.06. The quantitative estimate of drug-likeness (QED) is 0.700. The van der Waals surface area contributed by atoms with Crippen LogP contribution >= 0.6 is 0 Å². The minimum Gasteiger partial charge on any atom is -0.479 e. The minimum absolute atomic E-state index is 0.455. The summed E-state index contributed by atoms with van der Waals surface area (Å²) >= 11 is 0. The summed E-state index contributed by atoms with van der Waals surface area (Å²) in [5, 5.41) is 11.5. The summed E-state index contributed by atoms with van der Waals surface area (Å²) in [5.41, 5.74) is 6.06. The standard InChI is InChI=1S/C12H16N2O3/c1-2-9(13)11(15)14-10(12(16)17)8-6-4-3-5-7-8/h3-7,9-10H,2,13H2,1H3,(H,14,15)(H,16,17)/t9?,10-/m1/s1. The van der Waals surface area contributed by atoms with E-state index in [0.29, 0.717) is 12.0 Å². The van der Waals surface area contributed by atoms with E-state index >= 15 is 0 Å². The molecule has 0 radical (unpaired) electrons. The highest BCUT2D eigenvalue weighted by Crippen LogP contribution is 2.12. The third-order valence-corrected chi connectivity index (χ3v) is 2.44. The van der Waals surface area contributed by atoms with Crippen molar-refractivity contribution >= 4 is 11.9 Å². The molecule has 0 fully saturated rings. The maximum Gasteiger partial charge on any atom is 0.330 e. The van der Waals surface area contributed by atoms with Crippen LogP contribution in [0.15, 0.2) is 30.3 Å². The number of amides is 1. The lowest BCUT2D eigenvalue weighted by molar-refractivity contribution is -0.142. The Labute approximate surface area is 99.6 Å². The van der Waals surface area contributed by atoms with E-state index in [2.05, 4.69) is 5.32 Å². The van der Waals surface area contributed by atoms with Crippen LogP contribution in [0.1, 0.15) is 24.9 Å². The predicted octanol–water partition coefficient (Wildman–Crippen LogP) is 0.666. The number of benzene rings is 1. The lowest BCUT2D eigenvalue weighted by atomic mass is 10.1. The molecular weight excluding hydrogens is 220 g/mol. The van der Waals surface area contributed by atoms with Gasteiger partial charge in [0.25, 0.3) is 0 Å². The molecule has 0 spiro atoms. The first-order valence-corrected chi connectivity index (χ1v) is 5.40. The minimum atomic E-state index is -1.10. The van der Waals surface area contributed by atoms with Gasteiger partial charge in [-0.2, -0.15) is 0 Å². The molecule has 1 aromatic rings. The maximum atomic E-state index is 11.6. The van der Waals surface area contributed by atoms with Gasteiger partial charge in [-0.3, -0.25) is 4.79 Å². The van der Waals surface area contributed by atoms with Crippen molar-refractivity contribution in [2.45, 2.75) is 25.4 Å². The van der Waals surface area contributed by atoms with Crippen LogP contribution in [0.5, 0.6) is 0 Å². The van der Waals surface area contributed by atoms with Crippen LogP contribution in [0.2, 0.25) is 0 Å². The van der Waals surface area contributed by atoms with Crippen LogP contribution in [0.25, 0.3) is 0 Å². The lowest BCUT2D eigenvalue weighted by Crippen LogP contribution is -2.43. The van der Waals surface area contributed by atoms with Crippen molar-refractivity contribution < 1.29 is 14.7 Å². The van der Waals surface area contributed by atoms with Gasteiger partial charge in [0.2, 0.25) is 5.91 Å². The number of aliphatic carboxylic acids is 1. The molecular formula is C12H16N2O3. The zero-order chi connectivity index (χ0) is 12.8. The molecule has 0 saturated heterocycles. The summed E-state index contributed by atoms with van der Waals surface area (Å²) < 4.78 is 0. The zero-order valence-corrected chi connectivity index (χ0v) is 9.59. The molecule has 0 heterocycles. The number of carboxylic acid groups (broad SMARTS) is 1. The molecule has 0 aliphatic heterocycles. The van der Waals surface area contributed by atoms with E-state index in [-0.39, 0.29) is 0 Å². The number of rotatable bonds is 5. The van der Waals surface area contributed by atoms with Gasteiger partial charge in [-0.1, -0.05) is 37.3 Å². The summed E-state index contributed by atoms with van der Waals surface area (Å²) in [5.74, 6) is -1.56. The van der Waals surface area contributed by atoms with Crippen molar-refractivity contribution in [2.24, 2.45) is 5.73 Å². The third-order valence-electron chi connectivity index (χ3n) is 2.44. The molecule has 0 bridgehead atoms. The fourth-order valence-electron chi connectivity index (χ4n) is 1.37. The van der Waals surface area contributed by atoms with Crippen molar-refractivity contribution in [3.05, 3.63) is 35.9 Å². The van der Waals surface area contributed by atoms with Crippen molar-refractivity contribution in [1.82, 2.24) is 5.32 Å². The number of nitrogens with two attached hydrogens (primary N) is 1. The molecule has 92 valence electrons. The Bertz CT molecular complexity index is 392. The van der Waals surface area contributed by atoms with Crippen molar-refractivity contribution in [3.8, 4) is 0 Å². The Morgan fingerprint density at radius 2 is 1.94 bits per heavy atom. The molecule has 1 rings (SSSR count). The second kappa shape index (κ2) is 6.00. The number of hydrogen-bond acceptors (Lipinski definition) is 3. The Morgan fingerprint density at radius 3 is 2.41 bits per heavy atom. The van der Waals surface area contributed by atoms with Gasteiger partial charge < -0.3 is 16.2 Å². The van der Waals surface area contributed by atoms with Gasteiger partial charge in [0.1, 0.15) is 0 Å². The monoisotopic (exact) mass is 236 g/mol. The van der Waals surface area contributed by atoms with E-state index in [1.54, 1.807) is 37.3 Å². The molecule has 0 saturated carbocycles. The Morgan fingerprint density at radius 1 is 1.35 bits per heavy atom. The fourth-order valence-corrected chi connectivity index (χ4v) is 1.37. The molecule has 4 N–H and O–H groups in total. The fraction of sp³-hybridized carbons (Fsp3) is 0.333. The van der Waals surface area contributed by atoms with E-state index in [1.165, 1.54) is 0 Å². The first kappa shape index (κ1) is 13.2. The molecule has 0 aliphatic carbocycles. The average molecular weight is 236 g/mol. The SMILES string of the molecule is CCC(N)C(=O)N[C@@H](C(=O)O)c1ccccc1. The van der Waals surface area contributed by atoms with Gasteiger partial charge in [0.15, 0.2) is 6.04 Å². The molecule has 0 aliphatic rings. The molecule has 17 heavy (non-hydrogen) atoms. The van der Waals surface area contributed by atoms with Crippen LogP contribution in [0.4, 0.5) is 0 Å². The number of carboxylic acids is 1. The van der Waals surface area contributed by atoms with Crippen molar-refractivity contribution in [3.63, 3.8) is 0 Å². The number of hydrogen-bond donors (Lipinski definition) is 3. The average Bonchev–Trinajstić information content (AvgIpc) is 2.35. The van der Waals surface area contributed by atoms with Gasteiger partial charge in [-0.15, -0.1) is 0 Å². The topological polar surface area (TPSA) is 92.4 Å². The van der Waals surface area contributed by atoms with Crippen molar-refractivity contribution in [1.29, 1.82) is 0 Å². The summed E-state index contributed by atoms with van der Waals surface area (Å²) in [6, 6.07) is 6.78. The lowest BCUT2D eigenvalue weighted by Gasteiger charge is -2.17. The van der Waals surface area contributed by atoms with Gasteiger partial charge >= 0.3 is 5.97 Å². The maximum absolute atomic E-state index is 11.6. The zero-order valence-electron chi connectivity index (χ0n) is 9.59. The number of nitrogens with one attached hydrogen (secondary N) is 1. The molecule has 1 unspecified atom stereocenters. The largest absolute Gasteiger partial charge is 0.479 e. The first-order valence-electron chi connectivity index (χ1n) is 5.40. The van der Waals surface area contributed by atoms with Crippen LogP contribution in [0.3, 0.4) is 0 Å². The molecule has 2 atom stereocenters. The molecule has 0 aromatic heterocycles. The van der Waals surface area contributed by atoms with Gasteiger partial charge in [-0.05, 0) is 12.0 Å². The summed E-state index contributed by atoms with van der Waals surface area (Å²) in [4.78, 5) is 22.7. The Kier molecular flexibility index (Phi) is 4.66. The summed E-state index contributed by atoms with van der Waals surface area (Å²) in [7, 11) is 0. The molecule has 1 amide bonds. The van der Waals surface area contributed by atoms with Crippen LogP contribution in [-0.4, -0.2) is 23.0 Å². The van der Waals surface area contributed by atoms with Crippen molar-refractivity contribution in [2.75, 3.05) is 0 Å². The summed E-state index contributed by atoms with van der Waals surface area (Å²) in [6.45, 7) is 1.77. The highest BCUT2D eigenvalue weighted by atomic mass is 16.4. The van der Waals surface area contributed by atoms with E-state index in [1.807, 2.05) is 0 Å². The predicted molar refractivity (Wildman–Crippen MR) is 63.2 cm³/mol. The van der Waals surface area contributed by atoms with E-state index in [0.717, 1.165) is 0 Å². The third kappa shape index (κ3) is 3.57. The van der Waals surface area contributed by atoms with Gasteiger partial charge in [0.05, 0.1) is 6.04 Å². The number of carbonyl (C=O) groups excluding carboxylic acids is 1. The second-order valence-corrected chi connectivity index (χ2v) is 3.71. The smallest absolute Gasteiger partial charge is 0.330 e. The highest BCUT2D eigenvalue weighted by Gasteiger charge is 2.23. The Balaban J connectivity index is 2.82.